The SMILES string of the molecule is C#C[Si](C(C)C)(C(C)C)C(C)C.CC(C)[Si](C#Cc1cc2c(cc(C#C[Si](C(C)C)(C(C)C)C(C)C)c3c2ccc2ccsc23)c2ccc3ccsc3c12)(C(C)C)C(C)C.Cc1cc2c(cc(OS(=O)(=O)C(F)(F)F)c3c2ccc2ccsc23)c2ccc3ccsc3c12.[3HH]. The van der Waals surface area contributed by atoms with Gasteiger partial charge in [0, 0.05) is 52.9 Å². The van der Waals surface area contributed by atoms with Crippen LogP contribution in [0.2, 0.25) is 49.9 Å². The monoisotopic (exact) mass is 1390 g/mol. The number of thiophene rings is 4. The number of rotatable bonds is 11. The number of hydrogen-bond donors (Lipinski definition) is 0. The predicted octanol–water partition coefficient (Wildman–Crippen LogP) is 26.9. The smallest absolute Gasteiger partial charge is 0.375 e. The van der Waals surface area contributed by atoms with Crippen LogP contribution in [0.1, 0.15) is 143 Å². The molecule has 0 saturated carbocycles. The van der Waals surface area contributed by atoms with Crippen LogP contribution in [-0.4, -0.2) is 38.1 Å². The Balaban J connectivity index is 0.000000195. The van der Waals surface area contributed by atoms with Gasteiger partial charge in [-0.1, -0.05) is 191 Å². The van der Waals surface area contributed by atoms with Crippen LogP contribution in [-0.2, 0) is 10.1 Å². The zero-order valence-electron chi connectivity index (χ0n) is 57.2. The largest absolute Gasteiger partial charge is 0.534 e. The second kappa shape index (κ2) is 26.6. The number of benzene rings is 8. The summed E-state index contributed by atoms with van der Waals surface area (Å²) in [5.41, 5.74) is 14.8. The molecule has 0 spiro atoms. The van der Waals surface area contributed by atoms with Crippen molar-refractivity contribution in [3.63, 3.8) is 0 Å². The molecule has 0 saturated heterocycles. The molecule has 0 unspecified atom stereocenters. The van der Waals surface area contributed by atoms with Crippen molar-refractivity contribution in [1.82, 2.24) is 0 Å². The van der Waals surface area contributed by atoms with Crippen LogP contribution < -0.4 is 4.18 Å². The van der Waals surface area contributed by atoms with Crippen molar-refractivity contribution in [3.8, 4) is 40.6 Å². The van der Waals surface area contributed by atoms with Gasteiger partial charge in [0.15, 0.2) is 5.75 Å². The van der Waals surface area contributed by atoms with Crippen molar-refractivity contribution in [2.75, 3.05) is 0 Å². The quantitative estimate of drug-likeness (QED) is 0.0426. The lowest BCUT2D eigenvalue weighted by Gasteiger charge is -2.38. The average molecular weight is 1390 g/mol. The summed E-state index contributed by atoms with van der Waals surface area (Å²) in [6, 6.07) is 33.6. The molecule has 0 aliphatic heterocycles. The van der Waals surface area contributed by atoms with E-state index in [2.05, 4.69) is 212 Å². The molecule has 0 radical (unpaired) electrons. The molecule has 12 aromatic rings. The number of fused-ring (bicyclic) bond motifs is 18. The van der Waals surface area contributed by atoms with E-state index < -0.39 is 39.8 Å². The Hall–Kier alpha value is -5.97. The van der Waals surface area contributed by atoms with Crippen LogP contribution >= 0.6 is 45.3 Å². The molecule has 0 N–H and O–H groups in total. The van der Waals surface area contributed by atoms with Crippen molar-refractivity contribution < 1.29 is 27.2 Å². The van der Waals surface area contributed by atoms with Gasteiger partial charge in [-0.05, 0) is 191 Å². The Labute approximate surface area is 570 Å². The fourth-order valence-corrected chi connectivity index (χ4v) is 36.3. The third kappa shape index (κ3) is 12.0. The Kier molecular flexibility index (Phi) is 19.9. The molecule has 93 heavy (non-hydrogen) atoms. The Morgan fingerprint density at radius 3 is 1.01 bits per heavy atom. The van der Waals surface area contributed by atoms with Crippen molar-refractivity contribution in [2.45, 2.75) is 187 Å². The number of terminal acetylenes is 1. The second-order valence-corrected chi connectivity index (χ2v) is 50.2. The van der Waals surface area contributed by atoms with Gasteiger partial charge >= 0.3 is 15.6 Å². The molecule has 8 aromatic carbocycles. The van der Waals surface area contributed by atoms with E-state index in [1.807, 2.05) is 82.8 Å². The van der Waals surface area contributed by atoms with Gasteiger partial charge in [0.1, 0.15) is 24.2 Å². The summed E-state index contributed by atoms with van der Waals surface area (Å²) in [7, 11) is -11.2. The van der Waals surface area contributed by atoms with Crippen molar-refractivity contribution in [3.05, 3.63) is 135 Å². The minimum Gasteiger partial charge on any atom is -0.375 e. The van der Waals surface area contributed by atoms with E-state index in [-0.39, 0.29) is 7.18 Å². The molecule has 4 heterocycles. The molecule has 3 nitrogen and oxygen atoms in total. The molecule has 4 aromatic heterocycles. The highest BCUT2D eigenvalue weighted by Gasteiger charge is 2.49. The highest BCUT2D eigenvalue weighted by Crippen LogP contribution is 2.49. The van der Waals surface area contributed by atoms with Gasteiger partial charge in [-0.15, -0.1) is 68.4 Å². The first-order valence-corrected chi connectivity index (χ1v) is 44.3. The molecule has 486 valence electrons. The first kappa shape index (κ1) is 69.8. The van der Waals surface area contributed by atoms with Crippen LogP contribution in [0.4, 0.5) is 13.2 Å². The summed E-state index contributed by atoms with van der Waals surface area (Å²) in [5.74, 6) is 7.56. The third-order valence-corrected chi connectivity index (χ3v) is 44.3. The van der Waals surface area contributed by atoms with Crippen LogP contribution in [0.25, 0.3) is 105 Å². The summed E-state index contributed by atoms with van der Waals surface area (Å²) < 4.78 is 72.9. The van der Waals surface area contributed by atoms with Gasteiger partial charge in [0.05, 0.1) is 0 Å². The number of hydrogen-bond acceptors (Lipinski definition) is 7. The van der Waals surface area contributed by atoms with Gasteiger partial charge in [0.25, 0.3) is 0 Å². The summed E-state index contributed by atoms with van der Waals surface area (Å²) in [4.78, 5) is 0. The van der Waals surface area contributed by atoms with Crippen molar-refractivity contribution in [2.24, 2.45) is 0 Å². The van der Waals surface area contributed by atoms with Crippen LogP contribution in [0.15, 0.2) is 119 Å². The lowest BCUT2D eigenvalue weighted by atomic mass is 9.90. The predicted molar refractivity (Wildman–Crippen MR) is 418 cm³/mol. The van der Waals surface area contributed by atoms with Crippen LogP contribution in [0, 0.1) is 41.8 Å². The van der Waals surface area contributed by atoms with Gasteiger partial charge in [-0.25, -0.2) is 0 Å². The molecule has 0 aliphatic carbocycles. The van der Waals surface area contributed by atoms with Gasteiger partial charge in [-0.2, -0.15) is 21.6 Å². The standard InChI is InChI=1S/C44H52S2Si2.C24H13F3O3S3.C11H22Si.H2/c1-27(2)47(28(3)4,29(5)6)23-19-35-25-39-38-16-14-34-18-22-46-44(34)42(38)36(20-24-48(30(7)8,31(9)10)32(11)12)26-40(39)37-15-13-33-17-21-45-43(33)41(35)37;1-12-10-17-16-5-3-14-7-9-32-23(14)21(16)19(30-33(28,29)24(25,26)27)11-18(17)15-4-2-13-6-8-31-22(13)20(12)15;1-8-12(9(2)3,10(4)5)11(6)7;/h13-18,21-22,25-32H,1-12H3;2-11H,1H3;1,9-11H,2-7H3;1H/i;;;1+2. The Morgan fingerprint density at radius 2 is 0.699 bits per heavy atom. The lowest BCUT2D eigenvalue weighted by Crippen LogP contribution is -2.43. The zero-order valence-corrected chi connectivity index (χ0v) is 64.3. The van der Waals surface area contributed by atoms with Gasteiger partial charge in [-0.3, -0.25) is 0 Å². The highest BCUT2D eigenvalue weighted by atomic mass is 32.2. The van der Waals surface area contributed by atoms with E-state index in [1.165, 1.54) is 81.0 Å². The topological polar surface area (TPSA) is 43.4 Å². The fraction of sp³-hybridized carbons (Fsp3) is 0.367. The maximum absolute atomic E-state index is 13.2. The first-order chi connectivity index (χ1) is 43.8. The number of alkyl halides is 3. The van der Waals surface area contributed by atoms with Crippen LogP contribution in [0.5, 0.6) is 5.75 Å². The second-order valence-electron chi connectivity index (χ2n) is 28.2. The number of halogens is 3. The lowest BCUT2D eigenvalue weighted by molar-refractivity contribution is -0.0499. The van der Waals surface area contributed by atoms with E-state index in [9.17, 15) is 21.6 Å². The summed E-state index contributed by atoms with van der Waals surface area (Å²) in [6.45, 7) is 44.6. The third-order valence-electron chi connectivity index (χ3n) is 20.8. The zero-order chi connectivity index (χ0) is 67.8. The van der Waals surface area contributed by atoms with E-state index in [4.69, 9.17) is 10.6 Å². The molecule has 12 rings (SSSR count). The molecule has 0 bridgehead atoms. The Bertz CT molecular complexity index is 4940. The molecule has 0 atom stereocenters. The molecule has 0 fully saturated rings. The fourth-order valence-electron chi connectivity index (χ4n) is 16.5. The van der Waals surface area contributed by atoms with Crippen LogP contribution in [0.3, 0.4) is 0 Å². The highest BCUT2D eigenvalue weighted by molar-refractivity contribution is 7.88. The summed E-state index contributed by atoms with van der Waals surface area (Å²) in [6.07, 6.45) is 5.72. The van der Waals surface area contributed by atoms with E-state index >= 15 is 0 Å². The number of aryl methyl sites for hydroxylation is 1. The summed E-state index contributed by atoms with van der Waals surface area (Å²) >= 11 is 6.62. The summed E-state index contributed by atoms with van der Waals surface area (Å²) in [5, 5.41) is 24.9. The minimum absolute atomic E-state index is 0. The maximum Gasteiger partial charge on any atom is 0.534 e. The van der Waals surface area contributed by atoms with Crippen molar-refractivity contribution in [1.29, 1.82) is 0 Å². The molecule has 0 aliphatic rings. The Morgan fingerprint density at radius 1 is 0.409 bits per heavy atom. The van der Waals surface area contributed by atoms with Gasteiger partial charge in [0.2, 0.25) is 0 Å². The molecular formula is C79H89F3O3S5Si3. The first-order valence-electron chi connectivity index (χ1n) is 32.7. The molecular weight excluding hydrogens is 1300 g/mol. The van der Waals surface area contributed by atoms with Crippen molar-refractivity contribution >= 4 is 185 Å². The van der Waals surface area contributed by atoms with E-state index in [0.717, 1.165) is 37.2 Å². The maximum atomic E-state index is 13.2. The van der Waals surface area contributed by atoms with E-state index in [0.29, 0.717) is 70.7 Å². The minimum atomic E-state index is -5.84. The average Bonchev–Trinajstić information content (AvgIpc) is 1.06. The normalized spacial score (nSPS) is 13.0. The molecule has 14 heteroatoms. The van der Waals surface area contributed by atoms with E-state index in [1.54, 1.807) is 11.3 Å². The van der Waals surface area contributed by atoms with Gasteiger partial charge < -0.3 is 4.18 Å². The molecule has 0 amide bonds.